The van der Waals surface area contributed by atoms with E-state index in [1.807, 2.05) is 18.2 Å². The van der Waals surface area contributed by atoms with Crippen LogP contribution in [0.3, 0.4) is 0 Å². The minimum absolute atomic E-state index is 0.467. The van der Waals surface area contributed by atoms with E-state index in [2.05, 4.69) is 0 Å². The van der Waals surface area contributed by atoms with E-state index in [-0.39, 0.29) is 0 Å². The van der Waals surface area contributed by atoms with Gasteiger partial charge in [-0.2, -0.15) is 0 Å². The lowest BCUT2D eigenvalue weighted by Crippen LogP contribution is -2.29. The molecule has 0 spiro atoms. The Morgan fingerprint density at radius 1 is 1.33 bits per heavy atom. The lowest BCUT2D eigenvalue weighted by Gasteiger charge is -2.17. The van der Waals surface area contributed by atoms with Gasteiger partial charge in [0.25, 0.3) is 0 Å². The van der Waals surface area contributed by atoms with Crippen molar-refractivity contribution < 1.29 is 19.0 Å². The maximum atomic E-state index is 11.7. The van der Waals surface area contributed by atoms with Crippen molar-refractivity contribution in [2.45, 2.75) is 31.8 Å². The molecule has 0 aliphatic carbocycles. The first-order valence-corrected chi connectivity index (χ1v) is 6.00. The molecule has 0 N–H and O–H groups in total. The molecule has 1 aromatic rings. The maximum absolute atomic E-state index is 11.7. The third kappa shape index (κ3) is 2.51. The fraction of sp³-hybridized carbons (Fsp3) is 0.462. The Kier molecular flexibility index (Phi) is 3.61. The molecule has 0 amide bonds. The molecule has 1 saturated heterocycles. The summed E-state index contributed by atoms with van der Waals surface area (Å²) in [6.07, 6.45) is -1.36. The zero-order valence-electron chi connectivity index (χ0n) is 10.5. The standard InChI is InChI=1S/C13H15ClO4/c1-13(2)17-10(11(18-13)12(15)16-3)8-6-4-5-7-9(8)14/h4-7,10-11H,1-3H3/t10-,11+/m1/s1. The summed E-state index contributed by atoms with van der Waals surface area (Å²) in [5, 5.41) is 0.540. The summed E-state index contributed by atoms with van der Waals surface area (Å²) in [5.41, 5.74) is 0.722. The molecule has 0 bridgehead atoms. The molecule has 2 atom stereocenters. The highest BCUT2D eigenvalue weighted by Crippen LogP contribution is 2.40. The second-order valence-corrected chi connectivity index (χ2v) is 4.93. The van der Waals surface area contributed by atoms with Gasteiger partial charge in [-0.3, -0.25) is 0 Å². The van der Waals surface area contributed by atoms with Crippen molar-refractivity contribution >= 4 is 17.6 Å². The van der Waals surface area contributed by atoms with Gasteiger partial charge in [0.1, 0.15) is 6.10 Å². The minimum Gasteiger partial charge on any atom is -0.467 e. The van der Waals surface area contributed by atoms with E-state index in [4.69, 9.17) is 25.8 Å². The molecule has 5 heteroatoms. The Bertz CT molecular complexity index is 458. The number of ether oxygens (including phenoxy) is 3. The average molecular weight is 271 g/mol. The summed E-state index contributed by atoms with van der Waals surface area (Å²) in [6, 6.07) is 7.22. The van der Waals surface area contributed by atoms with Crippen molar-refractivity contribution in [3.05, 3.63) is 34.9 Å². The Balaban J connectivity index is 2.35. The number of hydrogen-bond donors (Lipinski definition) is 0. The minimum atomic E-state index is -0.845. The van der Waals surface area contributed by atoms with E-state index in [0.29, 0.717) is 5.02 Å². The van der Waals surface area contributed by atoms with Crippen LogP contribution in [-0.4, -0.2) is 25.0 Å². The lowest BCUT2D eigenvalue weighted by atomic mass is 10.0. The van der Waals surface area contributed by atoms with Crippen LogP contribution in [-0.2, 0) is 19.0 Å². The fourth-order valence-corrected chi connectivity index (χ4v) is 2.23. The topological polar surface area (TPSA) is 44.8 Å². The Morgan fingerprint density at radius 3 is 2.61 bits per heavy atom. The number of esters is 1. The third-order valence-corrected chi connectivity index (χ3v) is 3.09. The molecule has 98 valence electrons. The summed E-state index contributed by atoms with van der Waals surface area (Å²) in [7, 11) is 1.32. The molecule has 2 rings (SSSR count). The first kappa shape index (κ1) is 13.3. The van der Waals surface area contributed by atoms with E-state index in [1.54, 1.807) is 19.9 Å². The molecule has 0 saturated carbocycles. The number of carbonyl (C=O) groups is 1. The van der Waals surface area contributed by atoms with Crippen molar-refractivity contribution in [1.29, 1.82) is 0 Å². The van der Waals surface area contributed by atoms with Crippen LogP contribution in [0.5, 0.6) is 0 Å². The highest BCUT2D eigenvalue weighted by molar-refractivity contribution is 6.31. The molecule has 1 aromatic carbocycles. The molecule has 0 unspecified atom stereocenters. The second-order valence-electron chi connectivity index (χ2n) is 4.52. The van der Waals surface area contributed by atoms with Crippen LogP contribution in [0.2, 0.25) is 5.02 Å². The molecule has 1 aliphatic heterocycles. The maximum Gasteiger partial charge on any atom is 0.338 e. The van der Waals surface area contributed by atoms with Gasteiger partial charge in [-0.1, -0.05) is 29.8 Å². The number of hydrogen-bond acceptors (Lipinski definition) is 4. The van der Waals surface area contributed by atoms with Crippen LogP contribution >= 0.6 is 11.6 Å². The normalized spacial score (nSPS) is 26.0. The van der Waals surface area contributed by atoms with E-state index < -0.39 is 24.0 Å². The molecule has 0 aromatic heterocycles. The highest BCUT2D eigenvalue weighted by atomic mass is 35.5. The fourth-order valence-electron chi connectivity index (χ4n) is 1.98. The van der Waals surface area contributed by atoms with Crippen molar-refractivity contribution in [2.24, 2.45) is 0 Å². The molecule has 4 nitrogen and oxygen atoms in total. The summed E-state index contributed by atoms with van der Waals surface area (Å²) >= 11 is 6.12. The van der Waals surface area contributed by atoms with Gasteiger partial charge in [-0.25, -0.2) is 4.79 Å². The number of carbonyl (C=O) groups excluding carboxylic acids is 1. The largest absolute Gasteiger partial charge is 0.467 e. The van der Waals surface area contributed by atoms with Crippen molar-refractivity contribution in [2.75, 3.05) is 7.11 Å². The SMILES string of the molecule is COC(=O)[C@H]1OC(C)(C)O[C@@H]1c1ccccc1Cl. The van der Waals surface area contributed by atoms with Gasteiger partial charge in [0.15, 0.2) is 11.9 Å². The quantitative estimate of drug-likeness (QED) is 0.775. The predicted octanol–water partition coefficient (Wildman–Crippen LogP) is 2.71. The van der Waals surface area contributed by atoms with Crippen LogP contribution < -0.4 is 0 Å². The number of rotatable bonds is 2. The number of methoxy groups -OCH3 is 1. The molecule has 1 fully saturated rings. The van der Waals surface area contributed by atoms with Crippen LogP contribution in [0.4, 0.5) is 0 Å². The molecular weight excluding hydrogens is 256 g/mol. The van der Waals surface area contributed by atoms with Crippen molar-refractivity contribution in [1.82, 2.24) is 0 Å². The lowest BCUT2D eigenvalue weighted by molar-refractivity contribution is -0.168. The van der Waals surface area contributed by atoms with Crippen LogP contribution in [0.1, 0.15) is 25.5 Å². The Labute approximate surface area is 111 Å². The van der Waals surface area contributed by atoms with E-state index >= 15 is 0 Å². The molecule has 0 radical (unpaired) electrons. The molecule has 1 aliphatic rings. The first-order chi connectivity index (χ1) is 8.44. The van der Waals surface area contributed by atoms with Gasteiger partial charge in [-0.05, 0) is 19.9 Å². The van der Waals surface area contributed by atoms with Crippen LogP contribution in [0, 0.1) is 0 Å². The molecule has 1 heterocycles. The van der Waals surface area contributed by atoms with Gasteiger partial charge in [0, 0.05) is 10.6 Å². The number of benzene rings is 1. The van der Waals surface area contributed by atoms with Crippen molar-refractivity contribution in [3.63, 3.8) is 0 Å². The second kappa shape index (κ2) is 4.88. The van der Waals surface area contributed by atoms with Gasteiger partial charge in [-0.15, -0.1) is 0 Å². The highest BCUT2D eigenvalue weighted by Gasteiger charge is 2.47. The summed E-state index contributed by atoms with van der Waals surface area (Å²) < 4.78 is 16.0. The van der Waals surface area contributed by atoms with E-state index in [1.165, 1.54) is 7.11 Å². The summed E-state index contributed by atoms with van der Waals surface area (Å²) in [4.78, 5) is 11.7. The van der Waals surface area contributed by atoms with Gasteiger partial charge < -0.3 is 14.2 Å². The van der Waals surface area contributed by atoms with E-state index in [9.17, 15) is 4.79 Å². The first-order valence-electron chi connectivity index (χ1n) is 5.62. The van der Waals surface area contributed by atoms with Gasteiger partial charge in [0.05, 0.1) is 7.11 Å². The van der Waals surface area contributed by atoms with Gasteiger partial charge >= 0.3 is 5.97 Å². The van der Waals surface area contributed by atoms with Crippen molar-refractivity contribution in [3.8, 4) is 0 Å². The molecule has 18 heavy (non-hydrogen) atoms. The monoisotopic (exact) mass is 270 g/mol. The average Bonchev–Trinajstić information content (AvgIpc) is 2.65. The smallest absolute Gasteiger partial charge is 0.338 e. The van der Waals surface area contributed by atoms with Gasteiger partial charge in [0.2, 0.25) is 0 Å². The Morgan fingerprint density at radius 2 is 2.00 bits per heavy atom. The molecular formula is C13H15ClO4. The van der Waals surface area contributed by atoms with Crippen LogP contribution in [0.25, 0.3) is 0 Å². The van der Waals surface area contributed by atoms with E-state index in [0.717, 1.165) is 5.56 Å². The summed E-state index contributed by atoms with van der Waals surface area (Å²) in [5.74, 6) is -1.31. The third-order valence-electron chi connectivity index (χ3n) is 2.74. The van der Waals surface area contributed by atoms with Crippen LogP contribution in [0.15, 0.2) is 24.3 Å². The summed E-state index contributed by atoms with van der Waals surface area (Å²) in [6.45, 7) is 3.50. The zero-order valence-corrected chi connectivity index (χ0v) is 11.2. The zero-order chi connectivity index (χ0) is 13.3. The predicted molar refractivity (Wildman–Crippen MR) is 66.2 cm³/mol. The number of halogens is 1. The Hall–Kier alpha value is -1.10.